The predicted molar refractivity (Wildman–Crippen MR) is 57.8 cm³/mol. The van der Waals surface area contributed by atoms with E-state index in [0.717, 1.165) is 19.3 Å². The summed E-state index contributed by atoms with van der Waals surface area (Å²) in [5.41, 5.74) is -0.427. The first-order chi connectivity index (χ1) is 6.90. The minimum atomic E-state index is -0.427. The first-order valence-corrected chi connectivity index (χ1v) is 5.43. The molecule has 0 aromatic rings. The Morgan fingerprint density at radius 3 is 2.47 bits per heavy atom. The molecule has 0 saturated heterocycles. The Hall–Kier alpha value is -0.770. The van der Waals surface area contributed by atoms with Crippen LogP contribution in [0.3, 0.4) is 0 Å². The zero-order valence-electron chi connectivity index (χ0n) is 10.0. The van der Waals surface area contributed by atoms with E-state index in [1.54, 1.807) is 7.11 Å². The number of hydrogen-bond acceptors (Lipinski definition) is 3. The molecule has 0 radical (unpaired) electrons. The molecule has 1 aliphatic rings. The van der Waals surface area contributed by atoms with Crippen molar-refractivity contribution in [2.24, 2.45) is 0 Å². The Balaban J connectivity index is 2.28. The van der Waals surface area contributed by atoms with Crippen LogP contribution in [0.25, 0.3) is 0 Å². The van der Waals surface area contributed by atoms with Gasteiger partial charge in [0.15, 0.2) is 0 Å². The second-order valence-corrected chi connectivity index (χ2v) is 5.01. The highest BCUT2D eigenvalue weighted by molar-refractivity contribution is 5.68. The topological polar surface area (TPSA) is 47.6 Å². The van der Waals surface area contributed by atoms with Crippen LogP contribution >= 0.6 is 0 Å². The predicted octanol–water partition coefficient (Wildman–Crippen LogP) is 2.08. The number of methoxy groups -OCH3 is 1. The van der Waals surface area contributed by atoms with E-state index in [1.807, 2.05) is 20.8 Å². The number of alkyl carbamates (subject to hydrolysis) is 1. The van der Waals surface area contributed by atoms with Gasteiger partial charge < -0.3 is 14.8 Å². The molecule has 1 saturated carbocycles. The van der Waals surface area contributed by atoms with Gasteiger partial charge in [-0.2, -0.15) is 0 Å². The van der Waals surface area contributed by atoms with E-state index in [9.17, 15) is 4.79 Å². The average Bonchev–Trinajstić information content (AvgIpc) is 2.48. The van der Waals surface area contributed by atoms with E-state index in [1.165, 1.54) is 0 Å². The third-order valence-electron chi connectivity index (χ3n) is 2.44. The van der Waals surface area contributed by atoms with Gasteiger partial charge in [-0.05, 0) is 40.0 Å². The van der Waals surface area contributed by atoms with Gasteiger partial charge in [-0.25, -0.2) is 4.79 Å². The molecule has 0 aliphatic heterocycles. The molecular weight excluding hydrogens is 194 g/mol. The maximum atomic E-state index is 11.4. The lowest BCUT2D eigenvalue weighted by molar-refractivity contribution is 0.0497. The number of carbonyl (C=O) groups excluding carboxylic acids is 1. The van der Waals surface area contributed by atoms with Gasteiger partial charge >= 0.3 is 6.09 Å². The molecular formula is C11H21NO3. The van der Waals surface area contributed by atoms with Crippen LogP contribution in [0.4, 0.5) is 4.79 Å². The number of amides is 1. The second kappa shape index (κ2) is 4.84. The van der Waals surface area contributed by atoms with Crippen molar-refractivity contribution in [3.63, 3.8) is 0 Å². The monoisotopic (exact) mass is 215 g/mol. The second-order valence-electron chi connectivity index (χ2n) is 5.01. The number of ether oxygens (including phenoxy) is 2. The van der Waals surface area contributed by atoms with Crippen molar-refractivity contribution in [2.75, 3.05) is 7.11 Å². The van der Waals surface area contributed by atoms with Crippen molar-refractivity contribution in [3.05, 3.63) is 0 Å². The van der Waals surface area contributed by atoms with E-state index < -0.39 is 5.60 Å². The van der Waals surface area contributed by atoms with Crippen molar-refractivity contribution < 1.29 is 14.3 Å². The minimum Gasteiger partial charge on any atom is -0.444 e. The van der Waals surface area contributed by atoms with Crippen molar-refractivity contribution in [2.45, 2.75) is 57.8 Å². The van der Waals surface area contributed by atoms with Crippen molar-refractivity contribution in [3.8, 4) is 0 Å². The van der Waals surface area contributed by atoms with Crippen LogP contribution in [0, 0.1) is 0 Å². The van der Waals surface area contributed by atoms with Crippen LogP contribution in [0.15, 0.2) is 0 Å². The minimum absolute atomic E-state index is 0.199. The molecule has 1 amide bonds. The van der Waals surface area contributed by atoms with Gasteiger partial charge in [-0.3, -0.25) is 0 Å². The molecule has 0 aromatic carbocycles. The molecule has 4 nitrogen and oxygen atoms in total. The van der Waals surface area contributed by atoms with Gasteiger partial charge in [-0.1, -0.05) is 0 Å². The Kier molecular flexibility index (Phi) is 3.97. The molecule has 0 bridgehead atoms. The van der Waals surface area contributed by atoms with Crippen LogP contribution < -0.4 is 5.32 Å². The van der Waals surface area contributed by atoms with Crippen LogP contribution in [-0.2, 0) is 9.47 Å². The van der Waals surface area contributed by atoms with E-state index in [4.69, 9.17) is 9.47 Å². The Morgan fingerprint density at radius 1 is 1.33 bits per heavy atom. The standard InChI is InChI=1S/C11H21NO3/c1-11(2,3)15-10(13)12-8-5-6-9(7-8)14-4/h8-9H,5-7H2,1-4H3,(H,12,13)/t8-,9+/m1/s1. The van der Waals surface area contributed by atoms with Gasteiger partial charge in [0, 0.05) is 13.2 Å². The summed E-state index contributed by atoms with van der Waals surface area (Å²) in [6.07, 6.45) is 2.82. The normalized spacial score (nSPS) is 26.4. The lowest BCUT2D eigenvalue weighted by Gasteiger charge is -2.21. The van der Waals surface area contributed by atoms with Crippen molar-refractivity contribution in [1.82, 2.24) is 5.32 Å². The van der Waals surface area contributed by atoms with Gasteiger partial charge in [0.05, 0.1) is 6.10 Å². The summed E-state index contributed by atoms with van der Waals surface area (Å²) in [6.45, 7) is 5.58. The molecule has 0 unspecified atom stereocenters. The number of hydrogen-bond donors (Lipinski definition) is 1. The molecule has 4 heteroatoms. The highest BCUT2D eigenvalue weighted by Gasteiger charge is 2.27. The molecule has 2 atom stereocenters. The Morgan fingerprint density at radius 2 is 2.00 bits per heavy atom. The summed E-state index contributed by atoms with van der Waals surface area (Å²) in [6, 6.07) is 0.199. The maximum absolute atomic E-state index is 11.4. The van der Waals surface area contributed by atoms with Gasteiger partial charge in [0.2, 0.25) is 0 Å². The molecule has 88 valence electrons. The molecule has 1 N–H and O–H groups in total. The maximum Gasteiger partial charge on any atom is 0.407 e. The van der Waals surface area contributed by atoms with E-state index in [-0.39, 0.29) is 18.2 Å². The third-order valence-corrected chi connectivity index (χ3v) is 2.44. The molecule has 0 heterocycles. The summed E-state index contributed by atoms with van der Waals surface area (Å²) >= 11 is 0. The number of carbonyl (C=O) groups is 1. The molecule has 0 spiro atoms. The van der Waals surface area contributed by atoms with Crippen LogP contribution in [-0.4, -0.2) is 30.9 Å². The first kappa shape index (κ1) is 12.3. The summed E-state index contributed by atoms with van der Waals surface area (Å²) in [5, 5.41) is 2.86. The van der Waals surface area contributed by atoms with Crippen LogP contribution in [0.1, 0.15) is 40.0 Å². The first-order valence-electron chi connectivity index (χ1n) is 5.43. The third kappa shape index (κ3) is 4.51. The Labute approximate surface area is 91.3 Å². The van der Waals surface area contributed by atoms with Crippen LogP contribution in [0.2, 0.25) is 0 Å². The fraction of sp³-hybridized carbons (Fsp3) is 0.909. The molecule has 15 heavy (non-hydrogen) atoms. The largest absolute Gasteiger partial charge is 0.444 e. The zero-order valence-corrected chi connectivity index (χ0v) is 10.0. The van der Waals surface area contributed by atoms with Crippen molar-refractivity contribution in [1.29, 1.82) is 0 Å². The van der Waals surface area contributed by atoms with Crippen molar-refractivity contribution >= 4 is 6.09 Å². The quantitative estimate of drug-likeness (QED) is 0.767. The molecule has 1 aliphatic carbocycles. The SMILES string of the molecule is CO[C@H]1CC[C@@H](NC(=O)OC(C)(C)C)C1. The summed E-state index contributed by atoms with van der Waals surface area (Å²) < 4.78 is 10.4. The fourth-order valence-electron chi connectivity index (χ4n) is 1.76. The number of rotatable bonds is 2. The lowest BCUT2D eigenvalue weighted by Crippen LogP contribution is -2.38. The smallest absolute Gasteiger partial charge is 0.407 e. The molecule has 0 aromatic heterocycles. The Bertz CT molecular complexity index is 222. The molecule has 1 rings (SSSR count). The van der Waals surface area contributed by atoms with E-state index in [2.05, 4.69) is 5.32 Å². The highest BCUT2D eigenvalue weighted by Crippen LogP contribution is 2.21. The molecule has 1 fully saturated rings. The summed E-state index contributed by atoms with van der Waals surface area (Å²) in [5.74, 6) is 0. The average molecular weight is 215 g/mol. The van der Waals surface area contributed by atoms with Gasteiger partial charge in [0.25, 0.3) is 0 Å². The highest BCUT2D eigenvalue weighted by atomic mass is 16.6. The van der Waals surface area contributed by atoms with Gasteiger partial charge in [0.1, 0.15) is 5.60 Å². The fourth-order valence-corrected chi connectivity index (χ4v) is 1.76. The van der Waals surface area contributed by atoms with E-state index in [0.29, 0.717) is 0 Å². The van der Waals surface area contributed by atoms with E-state index >= 15 is 0 Å². The summed E-state index contributed by atoms with van der Waals surface area (Å²) in [7, 11) is 1.71. The zero-order chi connectivity index (χ0) is 11.5. The lowest BCUT2D eigenvalue weighted by atomic mass is 10.2. The summed E-state index contributed by atoms with van der Waals surface area (Å²) in [4.78, 5) is 11.4. The number of nitrogens with one attached hydrogen (secondary N) is 1. The van der Waals surface area contributed by atoms with Gasteiger partial charge in [-0.15, -0.1) is 0 Å². The van der Waals surface area contributed by atoms with Crippen LogP contribution in [0.5, 0.6) is 0 Å².